The van der Waals surface area contributed by atoms with Gasteiger partial charge in [0.15, 0.2) is 5.69 Å². The zero-order valence-electron chi connectivity index (χ0n) is 14.7. The van der Waals surface area contributed by atoms with Crippen LogP contribution in [0.1, 0.15) is 40.7 Å². The molecule has 142 valence electrons. The molecule has 1 unspecified atom stereocenters. The average molecular weight is 434 g/mol. The van der Waals surface area contributed by atoms with Crippen molar-refractivity contribution in [2.75, 3.05) is 13.1 Å². The van der Waals surface area contributed by atoms with Crippen LogP contribution in [0, 0.1) is 5.92 Å². The number of halogens is 1. The summed E-state index contributed by atoms with van der Waals surface area (Å²) in [7, 11) is 0. The normalized spacial score (nSPS) is 20.3. The highest BCUT2D eigenvalue weighted by Gasteiger charge is 2.32. The Labute approximate surface area is 164 Å². The van der Waals surface area contributed by atoms with Crippen molar-refractivity contribution in [2.45, 2.75) is 32.1 Å². The highest BCUT2D eigenvalue weighted by atomic mass is 79.9. The average Bonchev–Trinajstić information content (AvgIpc) is 3.11. The molecule has 8 nitrogen and oxygen atoms in total. The van der Waals surface area contributed by atoms with Crippen molar-refractivity contribution < 1.29 is 14.3 Å². The predicted molar refractivity (Wildman–Crippen MR) is 99.5 cm³/mol. The van der Waals surface area contributed by atoms with Gasteiger partial charge < -0.3 is 15.4 Å². The predicted octanol–water partition coefficient (Wildman–Crippen LogP) is 1.65. The van der Waals surface area contributed by atoms with Crippen molar-refractivity contribution in [1.29, 1.82) is 0 Å². The van der Waals surface area contributed by atoms with E-state index >= 15 is 0 Å². The smallest absolute Gasteiger partial charge is 0.276 e. The van der Waals surface area contributed by atoms with E-state index in [1.807, 2.05) is 24.3 Å². The summed E-state index contributed by atoms with van der Waals surface area (Å²) >= 11 is 3.43. The lowest BCUT2D eigenvalue weighted by Gasteiger charge is -2.30. The number of piperidine rings is 1. The second-order valence-corrected chi connectivity index (χ2v) is 7.80. The van der Waals surface area contributed by atoms with E-state index in [2.05, 4.69) is 26.2 Å². The Morgan fingerprint density at radius 2 is 1.89 bits per heavy atom. The number of amides is 2. The lowest BCUT2D eigenvalue weighted by molar-refractivity contribution is -0.123. The molecular weight excluding hydrogens is 414 g/mol. The van der Waals surface area contributed by atoms with Crippen LogP contribution in [-0.2, 0) is 22.7 Å². The van der Waals surface area contributed by atoms with E-state index in [0.29, 0.717) is 43.9 Å². The Balaban J connectivity index is 1.46. The number of rotatable bonds is 3. The van der Waals surface area contributed by atoms with E-state index < -0.39 is 0 Å². The van der Waals surface area contributed by atoms with Crippen molar-refractivity contribution in [3.05, 3.63) is 45.7 Å². The topological polar surface area (TPSA) is 103 Å². The molecule has 2 aliphatic heterocycles. The summed E-state index contributed by atoms with van der Waals surface area (Å²) in [6, 6.07) is 7.96. The quantitative estimate of drug-likeness (QED) is 0.792. The molecule has 2 aliphatic rings. The number of aromatic nitrogens is 3. The number of hydrogen-bond acceptors (Lipinski definition) is 5. The van der Waals surface area contributed by atoms with E-state index in [-0.39, 0.29) is 30.4 Å². The second-order valence-electron chi connectivity index (χ2n) is 6.89. The molecule has 0 aliphatic carbocycles. The Hall–Kier alpha value is -2.26. The van der Waals surface area contributed by atoms with Crippen LogP contribution in [0.3, 0.4) is 0 Å². The molecule has 27 heavy (non-hydrogen) atoms. The largest absolute Gasteiger partial charge is 0.369 e. The fraction of sp³-hybridized carbons (Fsp3) is 0.444. The SMILES string of the molecule is NC(=O)C1CCN(C(=O)c2nnn3c2COC(c2ccc(Br)cc2)C3)CC1. The van der Waals surface area contributed by atoms with Gasteiger partial charge in [0, 0.05) is 23.5 Å². The number of likely N-dealkylation sites (tertiary alicyclic amines) is 1. The van der Waals surface area contributed by atoms with E-state index in [9.17, 15) is 9.59 Å². The fourth-order valence-electron chi connectivity index (χ4n) is 3.57. The molecule has 1 fully saturated rings. The monoisotopic (exact) mass is 433 g/mol. The molecule has 0 spiro atoms. The van der Waals surface area contributed by atoms with Crippen LogP contribution in [0.4, 0.5) is 0 Å². The second kappa shape index (κ2) is 7.40. The lowest BCUT2D eigenvalue weighted by atomic mass is 9.96. The summed E-state index contributed by atoms with van der Waals surface area (Å²) in [6.45, 7) is 1.80. The molecule has 2 amide bonds. The molecule has 0 saturated carbocycles. The number of nitrogens with zero attached hydrogens (tertiary/aromatic N) is 4. The maximum absolute atomic E-state index is 12.8. The first kappa shape index (κ1) is 18.1. The van der Waals surface area contributed by atoms with E-state index in [0.717, 1.165) is 10.0 Å². The van der Waals surface area contributed by atoms with Gasteiger partial charge in [0.1, 0.15) is 6.10 Å². The summed E-state index contributed by atoms with van der Waals surface area (Å²) in [5.74, 6) is -0.613. The molecule has 0 radical (unpaired) electrons. The third-order valence-electron chi connectivity index (χ3n) is 5.23. The van der Waals surface area contributed by atoms with Gasteiger partial charge in [-0.1, -0.05) is 33.3 Å². The molecule has 1 saturated heterocycles. The summed E-state index contributed by atoms with van der Waals surface area (Å²) in [6.07, 6.45) is 1.06. The van der Waals surface area contributed by atoms with Crippen LogP contribution < -0.4 is 5.73 Å². The van der Waals surface area contributed by atoms with Gasteiger partial charge >= 0.3 is 0 Å². The van der Waals surface area contributed by atoms with Gasteiger partial charge in [-0.05, 0) is 30.5 Å². The number of primary amides is 1. The molecular formula is C18H20BrN5O3. The van der Waals surface area contributed by atoms with Gasteiger partial charge in [0.25, 0.3) is 5.91 Å². The Bertz CT molecular complexity index is 858. The van der Waals surface area contributed by atoms with E-state index in [1.54, 1.807) is 9.58 Å². The Morgan fingerprint density at radius 3 is 2.56 bits per heavy atom. The van der Waals surface area contributed by atoms with Gasteiger partial charge in [-0.15, -0.1) is 5.10 Å². The number of hydrogen-bond donors (Lipinski definition) is 1. The van der Waals surface area contributed by atoms with Crippen molar-refractivity contribution >= 4 is 27.7 Å². The summed E-state index contributed by atoms with van der Waals surface area (Å²) in [4.78, 5) is 25.8. The molecule has 4 rings (SSSR count). The molecule has 1 atom stereocenters. The summed E-state index contributed by atoms with van der Waals surface area (Å²) < 4.78 is 8.73. The van der Waals surface area contributed by atoms with Crippen LogP contribution in [0.15, 0.2) is 28.7 Å². The molecule has 0 bridgehead atoms. The maximum atomic E-state index is 12.8. The number of fused-ring (bicyclic) bond motifs is 1. The lowest BCUT2D eigenvalue weighted by Crippen LogP contribution is -2.42. The zero-order valence-corrected chi connectivity index (χ0v) is 16.3. The molecule has 2 N–H and O–H groups in total. The Morgan fingerprint density at radius 1 is 1.19 bits per heavy atom. The van der Waals surface area contributed by atoms with E-state index in [4.69, 9.17) is 10.5 Å². The van der Waals surface area contributed by atoms with Crippen LogP contribution in [0.25, 0.3) is 0 Å². The van der Waals surface area contributed by atoms with Crippen LogP contribution in [0.2, 0.25) is 0 Å². The number of benzene rings is 1. The van der Waals surface area contributed by atoms with Gasteiger partial charge in [-0.25, -0.2) is 4.68 Å². The molecule has 1 aromatic carbocycles. The summed E-state index contributed by atoms with van der Waals surface area (Å²) in [5.41, 5.74) is 7.45. The first-order valence-corrected chi connectivity index (χ1v) is 9.70. The fourth-order valence-corrected chi connectivity index (χ4v) is 3.84. The van der Waals surface area contributed by atoms with Gasteiger partial charge in [-0.2, -0.15) is 0 Å². The van der Waals surface area contributed by atoms with Crippen molar-refractivity contribution in [1.82, 2.24) is 19.9 Å². The van der Waals surface area contributed by atoms with Crippen LogP contribution in [0.5, 0.6) is 0 Å². The first-order valence-electron chi connectivity index (χ1n) is 8.91. The molecule has 9 heteroatoms. The molecule has 1 aromatic heterocycles. The third-order valence-corrected chi connectivity index (χ3v) is 5.76. The minimum absolute atomic E-state index is 0.124. The third kappa shape index (κ3) is 3.61. The van der Waals surface area contributed by atoms with E-state index in [1.165, 1.54) is 0 Å². The van der Waals surface area contributed by atoms with Crippen molar-refractivity contribution in [3.63, 3.8) is 0 Å². The zero-order chi connectivity index (χ0) is 19.0. The van der Waals surface area contributed by atoms with Crippen molar-refractivity contribution in [2.24, 2.45) is 11.7 Å². The molecule has 2 aromatic rings. The number of carbonyl (C=O) groups excluding carboxylic acids is 2. The molecule has 3 heterocycles. The van der Waals surface area contributed by atoms with Gasteiger partial charge in [0.05, 0.1) is 18.8 Å². The number of nitrogens with two attached hydrogens (primary N) is 1. The highest BCUT2D eigenvalue weighted by molar-refractivity contribution is 9.10. The van der Waals surface area contributed by atoms with Gasteiger partial charge in [0.2, 0.25) is 5.91 Å². The maximum Gasteiger partial charge on any atom is 0.276 e. The minimum atomic E-state index is -0.296. The number of carbonyl (C=O) groups is 2. The van der Waals surface area contributed by atoms with Crippen LogP contribution >= 0.6 is 15.9 Å². The Kier molecular flexibility index (Phi) is 4.96. The first-order chi connectivity index (χ1) is 13.0. The highest BCUT2D eigenvalue weighted by Crippen LogP contribution is 2.28. The van der Waals surface area contributed by atoms with Crippen LogP contribution in [-0.4, -0.2) is 44.8 Å². The van der Waals surface area contributed by atoms with Crippen molar-refractivity contribution in [3.8, 4) is 0 Å². The standard InChI is InChI=1S/C18H20BrN5O3/c19-13-3-1-11(2-4-13)15-9-24-14(10-27-15)16(21-22-24)18(26)23-7-5-12(6-8-23)17(20)25/h1-4,12,15H,5-10H2,(H2,20,25). The minimum Gasteiger partial charge on any atom is -0.369 e. The van der Waals surface area contributed by atoms with Gasteiger partial charge in [-0.3, -0.25) is 9.59 Å². The summed E-state index contributed by atoms with van der Waals surface area (Å²) in [5, 5.41) is 8.28. The number of ether oxygens (including phenoxy) is 1.